The summed E-state index contributed by atoms with van der Waals surface area (Å²) >= 11 is 0. The molecule has 0 aromatic carbocycles. The van der Waals surface area contributed by atoms with Crippen molar-refractivity contribution in [2.75, 3.05) is 7.05 Å². The zero-order valence-corrected chi connectivity index (χ0v) is 7.99. The highest BCUT2D eigenvalue weighted by atomic mass is 16.4. The van der Waals surface area contributed by atoms with Gasteiger partial charge in [-0.05, 0) is 12.8 Å². The minimum absolute atomic E-state index is 0.0192. The second kappa shape index (κ2) is 3.77. The van der Waals surface area contributed by atoms with Gasteiger partial charge in [0.1, 0.15) is 6.04 Å². The number of amides is 1. The predicted molar refractivity (Wildman–Crippen MR) is 47.2 cm³/mol. The second-order valence-electron chi connectivity index (χ2n) is 3.52. The molecule has 1 saturated heterocycles. The molecule has 0 aromatic rings. The Hall–Kier alpha value is -1.06. The average Bonchev–Trinajstić information content (AvgIpc) is 2.33. The molecule has 1 aliphatic heterocycles. The Kier molecular flexibility index (Phi) is 2.90. The van der Waals surface area contributed by atoms with Crippen molar-refractivity contribution in [3.8, 4) is 0 Å². The van der Waals surface area contributed by atoms with Gasteiger partial charge in [-0.3, -0.25) is 4.79 Å². The molecule has 1 rings (SSSR count). The number of likely N-dealkylation sites (N-methyl/N-ethyl adjacent to an activating group) is 1. The lowest BCUT2D eigenvalue weighted by molar-refractivity contribution is -0.145. The smallest absolute Gasteiger partial charge is 0.326 e. The molecule has 4 nitrogen and oxygen atoms in total. The molecule has 13 heavy (non-hydrogen) atoms. The summed E-state index contributed by atoms with van der Waals surface area (Å²) in [7, 11) is 1.57. The molecular formula is C9H15NO3. The van der Waals surface area contributed by atoms with Crippen molar-refractivity contribution >= 4 is 11.9 Å². The van der Waals surface area contributed by atoms with Crippen LogP contribution >= 0.6 is 0 Å². The molecule has 1 fully saturated rings. The number of carbonyl (C=O) groups excluding carboxylic acids is 1. The topological polar surface area (TPSA) is 57.6 Å². The summed E-state index contributed by atoms with van der Waals surface area (Å²) in [5.74, 6) is -0.986. The molecule has 2 unspecified atom stereocenters. The van der Waals surface area contributed by atoms with Crippen LogP contribution in [0, 0.1) is 5.92 Å². The van der Waals surface area contributed by atoms with Gasteiger partial charge in [-0.1, -0.05) is 13.3 Å². The van der Waals surface area contributed by atoms with Gasteiger partial charge in [-0.2, -0.15) is 0 Å². The maximum absolute atomic E-state index is 11.5. The van der Waals surface area contributed by atoms with Crippen LogP contribution in [0.15, 0.2) is 0 Å². The van der Waals surface area contributed by atoms with E-state index in [1.807, 2.05) is 6.92 Å². The molecule has 74 valence electrons. The minimum atomic E-state index is -0.894. The number of carboxylic acids is 1. The Labute approximate surface area is 77.5 Å². The summed E-state index contributed by atoms with van der Waals surface area (Å²) in [6.45, 7) is 2.00. The number of hydrogen-bond acceptors (Lipinski definition) is 2. The Bertz CT molecular complexity index is 227. The van der Waals surface area contributed by atoms with E-state index in [-0.39, 0.29) is 11.8 Å². The summed E-state index contributed by atoms with van der Waals surface area (Å²) in [5.41, 5.74) is 0. The number of hydrogen-bond donors (Lipinski definition) is 1. The van der Waals surface area contributed by atoms with Gasteiger partial charge in [0.25, 0.3) is 0 Å². The lowest BCUT2D eigenvalue weighted by Gasteiger charge is -2.14. The van der Waals surface area contributed by atoms with E-state index in [0.29, 0.717) is 6.42 Å². The van der Waals surface area contributed by atoms with Crippen molar-refractivity contribution in [3.05, 3.63) is 0 Å². The van der Waals surface area contributed by atoms with Crippen molar-refractivity contribution in [2.45, 2.75) is 32.2 Å². The first kappa shape index (κ1) is 10.0. The van der Waals surface area contributed by atoms with E-state index >= 15 is 0 Å². The summed E-state index contributed by atoms with van der Waals surface area (Å²) in [6.07, 6.45) is 2.20. The monoisotopic (exact) mass is 185 g/mol. The van der Waals surface area contributed by atoms with E-state index in [1.165, 1.54) is 4.90 Å². The SMILES string of the molecule is CCCC1CC(C(=O)O)N(C)C1=O. The molecular weight excluding hydrogens is 170 g/mol. The third-order valence-corrected chi connectivity index (χ3v) is 2.59. The predicted octanol–water partition coefficient (Wildman–Crippen LogP) is 0.718. The average molecular weight is 185 g/mol. The van der Waals surface area contributed by atoms with Gasteiger partial charge in [0.2, 0.25) is 5.91 Å². The maximum Gasteiger partial charge on any atom is 0.326 e. The first-order valence-corrected chi connectivity index (χ1v) is 4.57. The Morgan fingerprint density at radius 2 is 2.31 bits per heavy atom. The molecule has 1 aliphatic rings. The highest BCUT2D eigenvalue weighted by molar-refractivity contribution is 5.88. The third-order valence-electron chi connectivity index (χ3n) is 2.59. The van der Waals surface area contributed by atoms with E-state index < -0.39 is 12.0 Å². The normalized spacial score (nSPS) is 28.2. The number of carboxylic acid groups (broad SMARTS) is 1. The van der Waals surface area contributed by atoms with Crippen molar-refractivity contribution in [2.24, 2.45) is 5.92 Å². The van der Waals surface area contributed by atoms with E-state index in [1.54, 1.807) is 7.05 Å². The highest BCUT2D eigenvalue weighted by Crippen LogP contribution is 2.26. The molecule has 0 aromatic heterocycles. The zero-order chi connectivity index (χ0) is 10.0. The summed E-state index contributed by atoms with van der Waals surface area (Å²) in [5, 5.41) is 8.79. The van der Waals surface area contributed by atoms with E-state index in [4.69, 9.17) is 5.11 Å². The van der Waals surface area contributed by atoms with Gasteiger partial charge in [-0.25, -0.2) is 4.79 Å². The van der Waals surface area contributed by atoms with Gasteiger partial charge in [0.05, 0.1) is 0 Å². The minimum Gasteiger partial charge on any atom is -0.480 e. The van der Waals surface area contributed by atoms with Crippen LogP contribution in [0.4, 0.5) is 0 Å². The maximum atomic E-state index is 11.5. The molecule has 1 N–H and O–H groups in total. The van der Waals surface area contributed by atoms with Crippen LogP contribution in [-0.2, 0) is 9.59 Å². The standard InChI is InChI=1S/C9H15NO3/c1-3-4-6-5-7(9(12)13)10(2)8(6)11/h6-7H,3-5H2,1-2H3,(H,12,13). The molecule has 0 spiro atoms. The van der Waals surface area contributed by atoms with Crippen LogP contribution in [0.3, 0.4) is 0 Å². The molecule has 0 bridgehead atoms. The number of likely N-dealkylation sites (tertiary alicyclic amines) is 1. The fourth-order valence-electron chi connectivity index (χ4n) is 1.83. The molecule has 2 atom stereocenters. The molecule has 1 amide bonds. The number of nitrogens with zero attached hydrogens (tertiary/aromatic N) is 1. The van der Waals surface area contributed by atoms with Gasteiger partial charge >= 0.3 is 5.97 Å². The van der Waals surface area contributed by atoms with Gasteiger partial charge in [0.15, 0.2) is 0 Å². The first-order valence-electron chi connectivity index (χ1n) is 4.57. The van der Waals surface area contributed by atoms with Crippen molar-refractivity contribution in [3.63, 3.8) is 0 Å². The van der Waals surface area contributed by atoms with Crippen LogP contribution in [0.2, 0.25) is 0 Å². The second-order valence-corrected chi connectivity index (χ2v) is 3.52. The lowest BCUT2D eigenvalue weighted by atomic mass is 10.00. The summed E-state index contributed by atoms with van der Waals surface area (Å²) in [6, 6.07) is -0.607. The number of rotatable bonds is 3. The van der Waals surface area contributed by atoms with Crippen molar-refractivity contribution in [1.82, 2.24) is 4.90 Å². The zero-order valence-electron chi connectivity index (χ0n) is 7.99. The van der Waals surface area contributed by atoms with E-state index in [2.05, 4.69) is 0 Å². The van der Waals surface area contributed by atoms with E-state index in [0.717, 1.165) is 12.8 Å². The molecule has 0 radical (unpaired) electrons. The Morgan fingerprint density at radius 1 is 1.69 bits per heavy atom. The number of aliphatic carboxylic acids is 1. The highest BCUT2D eigenvalue weighted by Gasteiger charge is 2.40. The van der Waals surface area contributed by atoms with Gasteiger partial charge < -0.3 is 10.0 Å². The summed E-state index contributed by atoms with van der Waals surface area (Å²) in [4.78, 5) is 23.5. The van der Waals surface area contributed by atoms with Crippen LogP contribution in [0.1, 0.15) is 26.2 Å². The van der Waals surface area contributed by atoms with Crippen LogP contribution in [-0.4, -0.2) is 35.0 Å². The van der Waals surface area contributed by atoms with Gasteiger partial charge in [-0.15, -0.1) is 0 Å². The third kappa shape index (κ3) is 1.82. The molecule has 0 aliphatic carbocycles. The Morgan fingerprint density at radius 3 is 2.69 bits per heavy atom. The largest absolute Gasteiger partial charge is 0.480 e. The van der Waals surface area contributed by atoms with Crippen LogP contribution < -0.4 is 0 Å². The fourth-order valence-corrected chi connectivity index (χ4v) is 1.83. The number of carbonyl (C=O) groups is 2. The quantitative estimate of drug-likeness (QED) is 0.704. The van der Waals surface area contributed by atoms with Crippen molar-refractivity contribution < 1.29 is 14.7 Å². The van der Waals surface area contributed by atoms with Gasteiger partial charge in [0, 0.05) is 13.0 Å². The fraction of sp³-hybridized carbons (Fsp3) is 0.778. The van der Waals surface area contributed by atoms with E-state index in [9.17, 15) is 9.59 Å². The Balaban J connectivity index is 2.66. The molecule has 1 heterocycles. The first-order chi connectivity index (χ1) is 6.07. The van der Waals surface area contributed by atoms with Crippen LogP contribution in [0.25, 0.3) is 0 Å². The summed E-state index contributed by atoms with van der Waals surface area (Å²) < 4.78 is 0. The van der Waals surface area contributed by atoms with Crippen LogP contribution in [0.5, 0.6) is 0 Å². The lowest BCUT2D eigenvalue weighted by Crippen LogP contribution is -2.35. The molecule has 4 heteroatoms. The van der Waals surface area contributed by atoms with Crippen molar-refractivity contribution in [1.29, 1.82) is 0 Å². The molecule has 0 saturated carbocycles.